The second-order valence-electron chi connectivity index (χ2n) is 5.30. The van der Waals surface area contributed by atoms with Gasteiger partial charge in [-0.05, 0) is 18.7 Å². The molecule has 100 valence electrons. The number of nitrogens with zero attached hydrogens (tertiary/aromatic N) is 2. The van der Waals surface area contributed by atoms with E-state index in [-0.39, 0.29) is 5.91 Å². The highest BCUT2D eigenvalue weighted by Crippen LogP contribution is 2.30. The fourth-order valence-electron chi connectivity index (χ4n) is 3.01. The number of carbonyl (C=O) groups is 1. The minimum atomic E-state index is -0.237. The van der Waals surface area contributed by atoms with Crippen LogP contribution in [0.2, 0.25) is 0 Å². The van der Waals surface area contributed by atoms with Crippen molar-refractivity contribution >= 4 is 16.8 Å². The normalized spacial score (nSPS) is 15.6. The van der Waals surface area contributed by atoms with Crippen molar-refractivity contribution < 1.29 is 4.79 Å². The van der Waals surface area contributed by atoms with Gasteiger partial charge in [0.1, 0.15) is 0 Å². The molecule has 2 N–H and O–H groups in total. The van der Waals surface area contributed by atoms with Gasteiger partial charge in [0, 0.05) is 49.1 Å². The maximum absolute atomic E-state index is 11.1. The monoisotopic (exact) mass is 257 g/mol. The van der Waals surface area contributed by atoms with Crippen molar-refractivity contribution in [3.05, 3.63) is 35.5 Å². The first-order chi connectivity index (χ1) is 9.16. The van der Waals surface area contributed by atoms with Crippen LogP contribution >= 0.6 is 0 Å². The Morgan fingerprint density at radius 1 is 1.37 bits per heavy atom. The number of benzene rings is 1. The average Bonchev–Trinajstić information content (AvgIpc) is 2.70. The van der Waals surface area contributed by atoms with Crippen molar-refractivity contribution in [2.45, 2.75) is 25.9 Å². The lowest BCUT2D eigenvalue weighted by Crippen LogP contribution is -2.27. The molecule has 1 aliphatic rings. The number of para-hydroxylation sites is 1. The van der Waals surface area contributed by atoms with Gasteiger partial charge in [-0.3, -0.25) is 4.79 Å². The van der Waals surface area contributed by atoms with Gasteiger partial charge in [0.15, 0.2) is 0 Å². The SMILES string of the molecule is CN1CCc2c(c3ccccc3n2CCC(N)=O)C1. The van der Waals surface area contributed by atoms with Gasteiger partial charge in [-0.15, -0.1) is 0 Å². The molecule has 2 heterocycles. The van der Waals surface area contributed by atoms with Crippen LogP contribution in [0.4, 0.5) is 0 Å². The zero-order chi connectivity index (χ0) is 13.4. The van der Waals surface area contributed by atoms with Crippen LogP contribution in [0, 0.1) is 0 Å². The van der Waals surface area contributed by atoms with Crippen molar-refractivity contribution in [3.63, 3.8) is 0 Å². The smallest absolute Gasteiger partial charge is 0.219 e. The molecule has 0 bridgehead atoms. The van der Waals surface area contributed by atoms with E-state index >= 15 is 0 Å². The number of carbonyl (C=O) groups excluding carboxylic acids is 1. The molecule has 0 saturated carbocycles. The molecule has 2 aromatic rings. The van der Waals surface area contributed by atoms with Crippen molar-refractivity contribution in [2.24, 2.45) is 5.73 Å². The molecule has 0 unspecified atom stereocenters. The van der Waals surface area contributed by atoms with E-state index in [1.54, 1.807) is 0 Å². The highest BCUT2D eigenvalue weighted by atomic mass is 16.1. The summed E-state index contributed by atoms with van der Waals surface area (Å²) in [6.07, 6.45) is 1.44. The number of fused-ring (bicyclic) bond motifs is 3. The summed E-state index contributed by atoms with van der Waals surface area (Å²) in [6, 6.07) is 8.44. The summed E-state index contributed by atoms with van der Waals surface area (Å²) in [4.78, 5) is 13.4. The van der Waals surface area contributed by atoms with Crippen LogP contribution in [0.15, 0.2) is 24.3 Å². The van der Waals surface area contributed by atoms with Crippen molar-refractivity contribution in [1.29, 1.82) is 0 Å². The molecule has 0 spiro atoms. The van der Waals surface area contributed by atoms with Crippen LogP contribution in [-0.4, -0.2) is 29.0 Å². The molecule has 0 fully saturated rings. The van der Waals surface area contributed by atoms with Crippen LogP contribution in [0.5, 0.6) is 0 Å². The van der Waals surface area contributed by atoms with E-state index in [4.69, 9.17) is 5.73 Å². The molecule has 0 aliphatic carbocycles. The first-order valence-electron chi connectivity index (χ1n) is 6.72. The summed E-state index contributed by atoms with van der Waals surface area (Å²) in [6.45, 7) is 2.74. The fourth-order valence-corrected chi connectivity index (χ4v) is 3.01. The number of hydrogen-bond acceptors (Lipinski definition) is 2. The molecule has 1 aliphatic heterocycles. The summed E-state index contributed by atoms with van der Waals surface area (Å²) in [5, 5.41) is 1.31. The lowest BCUT2D eigenvalue weighted by Gasteiger charge is -2.24. The third-order valence-electron chi connectivity index (χ3n) is 3.93. The maximum atomic E-state index is 11.1. The Labute approximate surface area is 112 Å². The van der Waals surface area contributed by atoms with E-state index < -0.39 is 0 Å². The largest absolute Gasteiger partial charge is 0.370 e. The topological polar surface area (TPSA) is 51.3 Å². The van der Waals surface area contributed by atoms with Crippen LogP contribution in [0.3, 0.4) is 0 Å². The number of aryl methyl sites for hydroxylation is 1. The summed E-state index contributed by atoms with van der Waals surface area (Å²) >= 11 is 0. The van der Waals surface area contributed by atoms with Gasteiger partial charge in [-0.2, -0.15) is 0 Å². The van der Waals surface area contributed by atoms with Gasteiger partial charge in [-0.1, -0.05) is 18.2 Å². The molecular weight excluding hydrogens is 238 g/mol. The van der Waals surface area contributed by atoms with Gasteiger partial charge in [0.2, 0.25) is 5.91 Å². The first kappa shape index (κ1) is 12.2. The summed E-state index contributed by atoms with van der Waals surface area (Å²) in [5.74, 6) is -0.237. The Kier molecular flexibility index (Phi) is 3.03. The van der Waals surface area contributed by atoms with Gasteiger partial charge in [0.25, 0.3) is 0 Å². The Morgan fingerprint density at radius 3 is 2.95 bits per heavy atom. The molecule has 4 heteroatoms. The second kappa shape index (κ2) is 4.70. The molecule has 0 saturated heterocycles. The number of likely N-dealkylation sites (N-methyl/N-ethyl adjacent to an activating group) is 1. The van der Waals surface area contributed by atoms with Crippen molar-refractivity contribution in [2.75, 3.05) is 13.6 Å². The highest BCUT2D eigenvalue weighted by molar-refractivity contribution is 5.86. The van der Waals surface area contributed by atoms with Crippen LogP contribution in [0.25, 0.3) is 10.9 Å². The average molecular weight is 257 g/mol. The number of nitrogens with two attached hydrogens (primary N) is 1. The van der Waals surface area contributed by atoms with Crippen LogP contribution < -0.4 is 5.73 Å². The number of aromatic nitrogens is 1. The molecule has 4 nitrogen and oxygen atoms in total. The predicted octanol–water partition coefficient (Wildman–Crippen LogP) is 1.50. The third kappa shape index (κ3) is 2.12. The minimum Gasteiger partial charge on any atom is -0.370 e. The molecular formula is C15H19N3O. The first-order valence-corrected chi connectivity index (χ1v) is 6.72. The van der Waals surface area contributed by atoms with Gasteiger partial charge in [0.05, 0.1) is 0 Å². The maximum Gasteiger partial charge on any atom is 0.219 e. The number of primary amides is 1. The zero-order valence-electron chi connectivity index (χ0n) is 11.2. The molecule has 1 amide bonds. The molecule has 1 aromatic heterocycles. The highest BCUT2D eigenvalue weighted by Gasteiger charge is 2.21. The van der Waals surface area contributed by atoms with Gasteiger partial charge in [-0.25, -0.2) is 0 Å². The van der Waals surface area contributed by atoms with Crippen molar-refractivity contribution in [3.8, 4) is 0 Å². The second-order valence-corrected chi connectivity index (χ2v) is 5.30. The van der Waals surface area contributed by atoms with Crippen molar-refractivity contribution in [1.82, 2.24) is 9.47 Å². The van der Waals surface area contributed by atoms with Crippen LogP contribution in [-0.2, 0) is 24.3 Å². The molecule has 19 heavy (non-hydrogen) atoms. The summed E-state index contributed by atoms with van der Waals surface area (Å²) in [5.41, 5.74) is 9.30. The number of rotatable bonds is 3. The zero-order valence-corrected chi connectivity index (χ0v) is 11.2. The molecule has 0 atom stereocenters. The Morgan fingerprint density at radius 2 is 2.16 bits per heavy atom. The molecule has 0 radical (unpaired) electrons. The summed E-state index contributed by atoms with van der Waals surface area (Å²) in [7, 11) is 2.15. The Hall–Kier alpha value is -1.81. The van der Waals surface area contributed by atoms with E-state index in [0.717, 1.165) is 19.5 Å². The Bertz CT molecular complexity index is 630. The lowest BCUT2D eigenvalue weighted by molar-refractivity contribution is -0.118. The lowest BCUT2D eigenvalue weighted by atomic mass is 10.1. The van der Waals surface area contributed by atoms with Gasteiger partial charge < -0.3 is 15.2 Å². The predicted molar refractivity (Wildman–Crippen MR) is 75.8 cm³/mol. The van der Waals surface area contributed by atoms with E-state index in [2.05, 4.69) is 40.8 Å². The quantitative estimate of drug-likeness (QED) is 0.906. The summed E-state index contributed by atoms with van der Waals surface area (Å²) < 4.78 is 2.28. The van der Waals surface area contributed by atoms with Crippen LogP contribution in [0.1, 0.15) is 17.7 Å². The third-order valence-corrected chi connectivity index (χ3v) is 3.93. The number of amides is 1. The van der Waals surface area contributed by atoms with E-state index in [1.807, 2.05) is 0 Å². The van der Waals surface area contributed by atoms with Gasteiger partial charge >= 0.3 is 0 Å². The fraction of sp³-hybridized carbons (Fsp3) is 0.400. The molecule has 3 rings (SSSR count). The Balaban J connectivity index is 2.12. The van der Waals surface area contributed by atoms with E-state index in [0.29, 0.717) is 13.0 Å². The minimum absolute atomic E-state index is 0.237. The standard InChI is InChI=1S/C15H19N3O/c1-17-8-6-14-12(10-17)11-4-2-3-5-13(11)18(14)9-7-15(16)19/h2-5H,6-10H2,1H3,(H2,16,19). The van der Waals surface area contributed by atoms with E-state index in [9.17, 15) is 4.79 Å². The number of hydrogen-bond donors (Lipinski definition) is 1. The molecule has 1 aromatic carbocycles. The van der Waals surface area contributed by atoms with E-state index in [1.165, 1.54) is 22.2 Å².